The van der Waals surface area contributed by atoms with Crippen LogP contribution in [-0.4, -0.2) is 25.3 Å². The highest BCUT2D eigenvalue weighted by molar-refractivity contribution is 5.76. The van der Waals surface area contributed by atoms with Crippen molar-refractivity contribution in [2.45, 2.75) is 26.4 Å². The Balaban J connectivity index is 2.11. The average molecular weight is 236 g/mol. The number of ether oxygens (including phenoxy) is 3. The number of carbonyl (C=O) groups is 1. The molecule has 0 saturated carbocycles. The molecule has 1 heterocycles. The van der Waals surface area contributed by atoms with Gasteiger partial charge in [0.15, 0.2) is 11.5 Å². The molecule has 1 aliphatic rings. The van der Waals surface area contributed by atoms with E-state index in [0.717, 1.165) is 6.42 Å². The molecule has 4 nitrogen and oxygen atoms in total. The molecule has 2 rings (SSSR count). The van der Waals surface area contributed by atoms with Crippen molar-refractivity contribution in [2.24, 2.45) is 0 Å². The summed E-state index contributed by atoms with van der Waals surface area (Å²) in [6.45, 7) is 4.40. The molecule has 1 unspecified atom stereocenters. The Labute approximate surface area is 100 Å². The molecule has 0 saturated heterocycles. The Hall–Kier alpha value is -1.71. The molecule has 0 N–H and O–H groups in total. The third kappa shape index (κ3) is 2.52. The van der Waals surface area contributed by atoms with Gasteiger partial charge in [-0.05, 0) is 31.0 Å². The second-order valence-electron chi connectivity index (χ2n) is 3.80. The Kier molecular flexibility index (Phi) is 3.52. The molecule has 0 aliphatic carbocycles. The van der Waals surface area contributed by atoms with Crippen LogP contribution in [0.2, 0.25) is 0 Å². The number of carbonyl (C=O) groups excluding carboxylic acids is 1. The van der Waals surface area contributed by atoms with Gasteiger partial charge >= 0.3 is 5.97 Å². The van der Waals surface area contributed by atoms with Crippen molar-refractivity contribution < 1.29 is 19.0 Å². The van der Waals surface area contributed by atoms with Crippen LogP contribution < -0.4 is 9.47 Å². The Morgan fingerprint density at radius 2 is 2.24 bits per heavy atom. The van der Waals surface area contributed by atoms with Crippen molar-refractivity contribution in [3.8, 4) is 11.5 Å². The summed E-state index contributed by atoms with van der Waals surface area (Å²) >= 11 is 0. The highest BCUT2D eigenvalue weighted by atomic mass is 16.6. The minimum absolute atomic E-state index is 0.207. The molecule has 17 heavy (non-hydrogen) atoms. The molecule has 1 aromatic rings. The van der Waals surface area contributed by atoms with E-state index in [0.29, 0.717) is 18.1 Å². The van der Waals surface area contributed by atoms with Gasteiger partial charge < -0.3 is 14.2 Å². The lowest BCUT2D eigenvalue weighted by molar-refractivity contribution is -0.153. The second-order valence-corrected chi connectivity index (χ2v) is 3.80. The zero-order chi connectivity index (χ0) is 12.3. The first-order chi connectivity index (χ1) is 8.24. The molecule has 1 aromatic carbocycles. The van der Waals surface area contributed by atoms with E-state index in [-0.39, 0.29) is 12.6 Å². The van der Waals surface area contributed by atoms with E-state index in [2.05, 4.69) is 6.92 Å². The van der Waals surface area contributed by atoms with E-state index < -0.39 is 6.10 Å². The van der Waals surface area contributed by atoms with Gasteiger partial charge in [-0.3, -0.25) is 0 Å². The standard InChI is InChI=1S/C13H16O4/c1-3-9-5-6-10-11(7-9)16-8-12(17-10)13(14)15-4-2/h5-7,12H,3-4,8H2,1-2H3. The number of benzene rings is 1. The van der Waals surface area contributed by atoms with Crippen LogP contribution in [0.25, 0.3) is 0 Å². The molecule has 0 amide bonds. The lowest BCUT2D eigenvalue weighted by atomic mass is 10.1. The molecule has 0 aromatic heterocycles. The summed E-state index contributed by atoms with van der Waals surface area (Å²) in [5, 5.41) is 0. The summed E-state index contributed by atoms with van der Waals surface area (Å²) in [7, 11) is 0. The predicted octanol–water partition coefficient (Wildman–Crippen LogP) is 1.95. The quantitative estimate of drug-likeness (QED) is 0.752. The Morgan fingerprint density at radius 1 is 1.41 bits per heavy atom. The Bertz CT molecular complexity index is 414. The Morgan fingerprint density at radius 3 is 2.94 bits per heavy atom. The van der Waals surface area contributed by atoms with Crippen molar-refractivity contribution in [1.29, 1.82) is 0 Å². The zero-order valence-electron chi connectivity index (χ0n) is 10.1. The molecule has 0 spiro atoms. The summed E-state index contributed by atoms with van der Waals surface area (Å²) < 4.78 is 16.0. The molecular formula is C13H16O4. The lowest BCUT2D eigenvalue weighted by Gasteiger charge is -2.25. The van der Waals surface area contributed by atoms with Gasteiger partial charge in [0.05, 0.1) is 6.61 Å². The number of aryl methyl sites for hydroxylation is 1. The van der Waals surface area contributed by atoms with Crippen LogP contribution >= 0.6 is 0 Å². The van der Waals surface area contributed by atoms with Crippen molar-refractivity contribution in [3.05, 3.63) is 23.8 Å². The smallest absolute Gasteiger partial charge is 0.350 e. The number of esters is 1. The highest BCUT2D eigenvalue weighted by Crippen LogP contribution is 2.32. The lowest BCUT2D eigenvalue weighted by Crippen LogP contribution is -2.37. The van der Waals surface area contributed by atoms with Gasteiger partial charge in [0.2, 0.25) is 6.10 Å². The van der Waals surface area contributed by atoms with E-state index in [1.54, 1.807) is 6.92 Å². The monoisotopic (exact) mass is 236 g/mol. The van der Waals surface area contributed by atoms with Crippen LogP contribution in [0.1, 0.15) is 19.4 Å². The number of hydrogen-bond donors (Lipinski definition) is 0. The third-order valence-electron chi connectivity index (χ3n) is 2.63. The van der Waals surface area contributed by atoms with Crippen molar-refractivity contribution in [3.63, 3.8) is 0 Å². The fourth-order valence-corrected chi connectivity index (χ4v) is 1.69. The largest absolute Gasteiger partial charge is 0.485 e. The first kappa shape index (κ1) is 11.8. The van der Waals surface area contributed by atoms with Crippen LogP contribution in [0.3, 0.4) is 0 Å². The molecule has 92 valence electrons. The van der Waals surface area contributed by atoms with Crippen LogP contribution in [0.5, 0.6) is 11.5 Å². The topological polar surface area (TPSA) is 44.8 Å². The van der Waals surface area contributed by atoms with Crippen molar-refractivity contribution >= 4 is 5.97 Å². The van der Waals surface area contributed by atoms with Gasteiger partial charge in [-0.1, -0.05) is 13.0 Å². The maximum Gasteiger partial charge on any atom is 0.350 e. The van der Waals surface area contributed by atoms with Crippen LogP contribution in [0.4, 0.5) is 0 Å². The van der Waals surface area contributed by atoms with Crippen LogP contribution in [-0.2, 0) is 16.0 Å². The predicted molar refractivity (Wildman–Crippen MR) is 62.4 cm³/mol. The minimum Gasteiger partial charge on any atom is -0.485 e. The fraction of sp³-hybridized carbons (Fsp3) is 0.462. The summed E-state index contributed by atoms with van der Waals surface area (Å²) in [4.78, 5) is 11.5. The van der Waals surface area contributed by atoms with E-state index in [9.17, 15) is 4.79 Å². The van der Waals surface area contributed by atoms with Crippen LogP contribution in [0, 0.1) is 0 Å². The summed E-state index contributed by atoms with van der Waals surface area (Å²) in [5.74, 6) is 0.925. The zero-order valence-corrected chi connectivity index (χ0v) is 10.1. The van der Waals surface area contributed by atoms with Gasteiger partial charge in [-0.2, -0.15) is 0 Å². The number of rotatable bonds is 3. The number of hydrogen-bond acceptors (Lipinski definition) is 4. The first-order valence-electron chi connectivity index (χ1n) is 5.83. The van der Waals surface area contributed by atoms with Crippen molar-refractivity contribution in [2.75, 3.05) is 13.2 Å². The average Bonchev–Trinajstić information content (AvgIpc) is 2.37. The SMILES string of the molecule is CCOC(=O)C1COc2cc(CC)ccc2O1. The van der Waals surface area contributed by atoms with Gasteiger partial charge in [-0.25, -0.2) is 4.79 Å². The maximum absolute atomic E-state index is 11.5. The van der Waals surface area contributed by atoms with Crippen molar-refractivity contribution in [1.82, 2.24) is 0 Å². The fourth-order valence-electron chi connectivity index (χ4n) is 1.69. The van der Waals surface area contributed by atoms with E-state index in [1.165, 1.54) is 5.56 Å². The van der Waals surface area contributed by atoms with E-state index in [1.807, 2.05) is 18.2 Å². The molecule has 0 fully saturated rings. The summed E-state index contributed by atoms with van der Waals surface area (Å²) in [6, 6.07) is 5.74. The second kappa shape index (κ2) is 5.08. The molecule has 1 atom stereocenters. The highest BCUT2D eigenvalue weighted by Gasteiger charge is 2.28. The summed E-state index contributed by atoms with van der Waals surface area (Å²) in [5.41, 5.74) is 1.18. The van der Waals surface area contributed by atoms with Gasteiger partial charge in [0.1, 0.15) is 6.61 Å². The third-order valence-corrected chi connectivity index (χ3v) is 2.63. The van der Waals surface area contributed by atoms with Gasteiger partial charge in [0.25, 0.3) is 0 Å². The maximum atomic E-state index is 11.5. The number of fused-ring (bicyclic) bond motifs is 1. The molecule has 0 radical (unpaired) electrons. The normalized spacial score (nSPS) is 17.6. The summed E-state index contributed by atoms with van der Waals surface area (Å²) in [6.07, 6.45) is 0.285. The molecule has 1 aliphatic heterocycles. The van der Waals surface area contributed by atoms with Crippen LogP contribution in [0.15, 0.2) is 18.2 Å². The van der Waals surface area contributed by atoms with Gasteiger partial charge in [0, 0.05) is 0 Å². The first-order valence-corrected chi connectivity index (χ1v) is 5.83. The molecular weight excluding hydrogens is 220 g/mol. The molecule has 4 heteroatoms. The van der Waals surface area contributed by atoms with E-state index >= 15 is 0 Å². The van der Waals surface area contributed by atoms with E-state index in [4.69, 9.17) is 14.2 Å². The minimum atomic E-state index is -0.657. The molecule has 0 bridgehead atoms. The van der Waals surface area contributed by atoms with Gasteiger partial charge in [-0.15, -0.1) is 0 Å².